The molecule has 2 rings (SSSR count). The molecule has 0 fully saturated rings. The van der Waals surface area contributed by atoms with Crippen LogP contribution in [-0.4, -0.2) is 22.7 Å². The standard InChI is InChI=1S/C14H18BrN3O/c1-2-10(5-6-19)18-13-4-3-12(16)11-7-9(15)8-17-14(11)13/h3-4,7-8,10,18-19H,2,5-6,16H2,1H3. The molecule has 1 unspecified atom stereocenters. The van der Waals surface area contributed by atoms with Crippen LogP contribution in [0.1, 0.15) is 19.8 Å². The van der Waals surface area contributed by atoms with Gasteiger partial charge in [-0.05, 0) is 47.0 Å². The molecule has 0 saturated carbocycles. The number of fused-ring (bicyclic) bond motifs is 1. The molecule has 19 heavy (non-hydrogen) atoms. The summed E-state index contributed by atoms with van der Waals surface area (Å²) >= 11 is 3.41. The number of aliphatic hydroxyl groups is 1. The van der Waals surface area contributed by atoms with Crippen molar-refractivity contribution in [3.05, 3.63) is 28.9 Å². The fourth-order valence-corrected chi connectivity index (χ4v) is 2.42. The lowest BCUT2D eigenvalue weighted by atomic mass is 10.1. The summed E-state index contributed by atoms with van der Waals surface area (Å²) in [5.41, 5.74) is 8.52. The zero-order valence-corrected chi connectivity index (χ0v) is 12.4. The highest BCUT2D eigenvalue weighted by Gasteiger charge is 2.10. The maximum atomic E-state index is 9.06. The molecule has 0 bridgehead atoms. The number of nitrogen functional groups attached to an aromatic ring is 1. The second kappa shape index (κ2) is 6.21. The van der Waals surface area contributed by atoms with Gasteiger partial charge in [-0.25, -0.2) is 0 Å². The summed E-state index contributed by atoms with van der Waals surface area (Å²) in [6.07, 6.45) is 3.43. The summed E-state index contributed by atoms with van der Waals surface area (Å²) in [6, 6.07) is 6.03. The lowest BCUT2D eigenvalue weighted by Gasteiger charge is -2.18. The SMILES string of the molecule is CCC(CCO)Nc1ccc(N)c2cc(Br)cnc12. The predicted octanol–water partition coefficient (Wildman–Crippen LogP) is 3.15. The lowest BCUT2D eigenvalue weighted by molar-refractivity contribution is 0.278. The molecule has 1 aromatic heterocycles. The first-order chi connectivity index (χ1) is 9.15. The molecular weight excluding hydrogens is 306 g/mol. The molecule has 0 spiro atoms. The highest BCUT2D eigenvalue weighted by molar-refractivity contribution is 9.10. The highest BCUT2D eigenvalue weighted by atomic mass is 79.9. The van der Waals surface area contributed by atoms with Gasteiger partial charge < -0.3 is 16.2 Å². The van der Waals surface area contributed by atoms with E-state index in [9.17, 15) is 0 Å². The fourth-order valence-electron chi connectivity index (χ4n) is 2.09. The molecule has 0 saturated heterocycles. The molecule has 0 radical (unpaired) electrons. The molecule has 4 nitrogen and oxygen atoms in total. The zero-order chi connectivity index (χ0) is 13.8. The minimum absolute atomic E-state index is 0.178. The van der Waals surface area contributed by atoms with E-state index in [0.717, 1.165) is 33.9 Å². The Morgan fingerprint density at radius 1 is 1.47 bits per heavy atom. The van der Waals surface area contributed by atoms with Gasteiger partial charge in [0.2, 0.25) is 0 Å². The number of halogens is 1. The van der Waals surface area contributed by atoms with Crippen LogP contribution < -0.4 is 11.1 Å². The Kier molecular flexibility index (Phi) is 4.61. The predicted molar refractivity (Wildman–Crippen MR) is 83.3 cm³/mol. The van der Waals surface area contributed by atoms with E-state index in [4.69, 9.17) is 10.8 Å². The number of aliphatic hydroxyl groups excluding tert-OH is 1. The molecule has 1 atom stereocenters. The first kappa shape index (κ1) is 14.1. The molecule has 1 heterocycles. The molecule has 0 aliphatic rings. The molecule has 4 N–H and O–H groups in total. The van der Waals surface area contributed by atoms with E-state index in [0.29, 0.717) is 5.69 Å². The van der Waals surface area contributed by atoms with Crippen molar-refractivity contribution in [1.82, 2.24) is 4.98 Å². The van der Waals surface area contributed by atoms with Crippen LogP contribution in [0.4, 0.5) is 11.4 Å². The third-order valence-corrected chi connectivity index (χ3v) is 3.61. The van der Waals surface area contributed by atoms with Gasteiger partial charge in [0.15, 0.2) is 0 Å². The topological polar surface area (TPSA) is 71.2 Å². The van der Waals surface area contributed by atoms with E-state index in [-0.39, 0.29) is 12.6 Å². The molecule has 102 valence electrons. The number of aromatic nitrogens is 1. The van der Waals surface area contributed by atoms with Crippen LogP contribution in [0.5, 0.6) is 0 Å². The maximum Gasteiger partial charge on any atom is 0.0954 e. The highest BCUT2D eigenvalue weighted by Crippen LogP contribution is 2.29. The molecule has 0 aliphatic heterocycles. The number of anilines is 2. The molecule has 0 amide bonds. The molecule has 2 aromatic rings. The van der Waals surface area contributed by atoms with Crippen molar-refractivity contribution in [1.29, 1.82) is 0 Å². The number of rotatable bonds is 5. The Hall–Kier alpha value is -1.33. The van der Waals surface area contributed by atoms with Crippen molar-refractivity contribution in [2.75, 3.05) is 17.7 Å². The third-order valence-electron chi connectivity index (χ3n) is 3.18. The van der Waals surface area contributed by atoms with Crippen LogP contribution in [-0.2, 0) is 0 Å². The van der Waals surface area contributed by atoms with Crippen LogP contribution in [0.25, 0.3) is 10.9 Å². The van der Waals surface area contributed by atoms with Gasteiger partial charge in [-0.3, -0.25) is 4.98 Å². The van der Waals surface area contributed by atoms with Gasteiger partial charge >= 0.3 is 0 Å². The minimum atomic E-state index is 0.178. The van der Waals surface area contributed by atoms with Gasteiger partial charge in [0.1, 0.15) is 0 Å². The van der Waals surface area contributed by atoms with Gasteiger partial charge in [0.25, 0.3) is 0 Å². The van der Waals surface area contributed by atoms with E-state index >= 15 is 0 Å². The van der Waals surface area contributed by atoms with Crippen LogP contribution in [0.15, 0.2) is 28.9 Å². The normalized spacial score (nSPS) is 12.6. The van der Waals surface area contributed by atoms with Crippen molar-refractivity contribution in [3.8, 4) is 0 Å². The largest absolute Gasteiger partial charge is 0.398 e. The van der Waals surface area contributed by atoms with Gasteiger partial charge in [0.05, 0.1) is 11.2 Å². The average molecular weight is 324 g/mol. The molecule has 1 aromatic carbocycles. The van der Waals surface area contributed by atoms with E-state index in [1.807, 2.05) is 18.2 Å². The maximum absolute atomic E-state index is 9.06. The van der Waals surface area contributed by atoms with Gasteiger partial charge in [0, 0.05) is 34.4 Å². The summed E-state index contributed by atoms with van der Waals surface area (Å²) in [5.74, 6) is 0. The Balaban J connectivity index is 2.41. The number of hydrogen-bond acceptors (Lipinski definition) is 4. The number of nitrogens with one attached hydrogen (secondary N) is 1. The summed E-state index contributed by atoms with van der Waals surface area (Å²) in [5, 5.41) is 13.4. The van der Waals surface area contributed by atoms with Crippen molar-refractivity contribution in [3.63, 3.8) is 0 Å². The van der Waals surface area contributed by atoms with Crippen molar-refractivity contribution in [2.24, 2.45) is 0 Å². The average Bonchev–Trinajstić information content (AvgIpc) is 2.41. The van der Waals surface area contributed by atoms with E-state index in [1.54, 1.807) is 6.20 Å². The molecule has 0 aliphatic carbocycles. The van der Waals surface area contributed by atoms with Crippen molar-refractivity contribution < 1.29 is 5.11 Å². The summed E-state index contributed by atoms with van der Waals surface area (Å²) in [6.45, 7) is 2.27. The monoisotopic (exact) mass is 323 g/mol. The van der Waals surface area contributed by atoms with E-state index < -0.39 is 0 Å². The first-order valence-electron chi connectivity index (χ1n) is 6.36. The summed E-state index contributed by atoms with van der Waals surface area (Å²) < 4.78 is 0.909. The summed E-state index contributed by atoms with van der Waals surface area (Å²) in [4.78, 5) is 4.44. The summed E-state index contributed by atoms with van der Waals surface area (Å²) in [7, 11) is 0. The van der Waals surface area contributed by atoms with E-state index in [1.165, 1.54) is 0 Å². The third kappa shape index (κ3) is 3.16. The minimum Gasteiger partial charge on any atom is -0.398 e. The Bertz CT molecular complexity index is 574. The number of benzene rings is 1. The Morgan fingerprint density at radius 2 is 2.26 bits per heavy atom. The van der Waals surface area contributed by atoms with Gasteiger partial charge in [-0.15, -0.1) is 0 Å². The van der Waals surface area contributed by atoms with E-state index in [2.05, 4.69) is 33.2 Å². The Morgan fingerprint density at radius 3 is 2.95 bits per heavy atom. The molecule has 5 heteroatoms. The van der Waals surface area contributed by atoms with Crippen molar-refractivity contribution in [2.45, 2.75) is 25.8 Å². The fraction of sp³-hybridized carbons (Fsp3) is 0.357. The molecular formula is C14H18BrN3O. The second-order valence-corrected chi connectivity index (χ2v) is 5.43. The number of pyridine rings is 1. The van der Waals surface area contributed by atoms with Gasteiger partial charge in [-0.2, -0.15) is 0 Å². The van der Waals surface area contributed by atoms with Crippen LogP contribution >= 0.6 is 15.9 Å². The number of nitrogens with two attached hydrogens (primary N) is 1. The second-order valence-electron chi connectivity index (χ2n) is 4.51. The van der Waals surface area contributed by atoms with Gasteiger partial charge in [-0.1, -0.05) is 6.92 Å². The number of nitrogens with zero attached hydrogens (tertiary/aromatic N) is 1. The quantitative estimate of drug-likeness (QED) is 0.739. The number of hydrogen-bond donors (Lipinski definition) is 3. The van der Waals surface area contributed by atoms with Crippen molar-refractivity contribution >= 4 is 38.2 Å². The first-order valence-corrected chi connectivity index (χ1v) is 7.16. The zero-order valence-electron chi connectivity index (χ0n) is 10.9. The Labute approximate surface area is 121 Å². The van der Waals surface area contributed by atoms with Crippen LogP contribution in [0.2, 0.25) is 0 Å². The smallest absolute Gasteiger partial charge is 0.0954 e. The lowest BCUT2D eigenvalue weighted by Crippen LogP contribution is -2.20. The van der Waals surface area contributed by atoms with Crippen LogP contribution in [0, 0.1) is 0 Å². The van der Waals surface area contributed by atoms with Crippen LogP contribution in [0.3, 0.4) is 0 Å².